The van der Waals surface area contributed by atoms with Crippen LogP contribution in [-0.4, -0.2) is 24.8 Å². The zero-order valence-corrected chi connectivity index (χ0v) is 10.7. The third-order valence-electron chi connectivity index (χ3n) is 3.37. The zero-order chi connectivity index (χ0) is 12.3. The summed E-state index contributed by atoms with van der Waals surface area (Å²) in [6, 6.07) is 5.98. The Labute approximate surface area is 107 Å². The van der Waals surface area contributed by atoms with Gasteiger partial charge in [-0.25, -0.2) is 0 Å². The summed E-state index contributed by atoms with van der Waals surface area (Å²) in [6.45, 7) is 2.67. The van der Waals surface area contributed by atoms with E-state index < -0.39 is 0 Å². The van der Waals surface area contributed by atoms with Crippen molar-refractivity contribution in [3.05, 3.63) is 28.8 Å². The number of anilines is 1. The van der Waals surface area contributed by atoms with Crippen LogP contribution in [0.1, 0.15) is 18.4 Å². The largest absolute Gasteiger partial charge is 0.396 e. The molecule has 0 aromatic heterocycles. The second-order valence-electron chi connectivity index (χ2n) is 4.63. The Kier molecular flexibility index (Phi) is 4.26. The minimum Gasteiger partial charge on any atom is -0.396 e. The monoisotopic (exact) mass is 254 g/mol. The molecule has 0 saturated carbocycles. The van der Waals surface area contributed by atoms with E-state index in [0.717, 1.165) is 42.2 Å². The number of nitrogens with two attached hydrogens (primary N) is 1. The zero-order valence-electron chi connectivity index (χ0n) is 9.90. The minimum absolute atomic E-state index is 0.259. The van der Waals surface area contributed by atoms with Crippen molar-refractivity contribution in [2.24, 2.45) is 11.7 Å². The molecule has 1 fully saturated rings. The second-order valence-corrected chi connectivity index (χ2v) is 5.03. The van der Waals surface area contributed by atoms with Gasteiger partial charge in [-0.15, -0.1) is 0 Å². The third-order valence-corrected chi connectivity index (χ3v) is 3.67. The predicted octanol–water partition coefficient (Wildman–Crippen LogP) is 2.01. The maximum absolute atomic E-state index is 9.23. The summed E-state index contributed by atoms with van der Waals surface area (Å²) >= 11 is 6.27. The number of benzene rings is 1. The van der Waals surface area contributed by atoms with E-state index in [2.05, 4.69) is 4.90 Å². The molecular formula is C13H19ClN2O. The Morgan fingerprint density at radius 1 is 1.47 bits per heavy atom. The van der Waals surface area contributed by atoms with Crippen molar-refractivity contribution < 1.29 is 5.11 Å². The quantitative estimate of drug-likeness (QED) is 0.868. The lowest BCUT2D eigenvalue weighted by molar-refractivity contribution is 0.209. The maximum Gasteiger partial charge on any atom is 0.0642 e. The first kappa shape index (κ1) is 12.7. The van der Waals surface area contributed by atoms with Crippen molar-refractivity contribution in [2.75, 3.05) is 24.6 Å². The van der Waals surface area contributed by atoms with Crippen LogP contribution < -0.4 is 10.6 Å². The van der Waals surface area contributed by atoms with Crippen molar-refractivity contribution in [1.82, 2.24) is 0 Å². The summed E-state index contributed by atoms with van der Waals surface area (Å²) in [5.41, 5.74) is 7.69. The van der Waals surface area contributed by atoms with Crippen molar-refractivity contribution in [1.29, 1.82) is 0 Å². The fraction of sp³-hybridized carbons (Fsp3) is 0.538. The number of nitrogens with zero attached hydrogens (tertiary/aromatic N) is 1. The number of halogens is 1. The van der Waals surface area contributed by atoms with Crippen LogP contribution in [0.15, 0.2) is 18.2 Å². The average Bonchev–Trinajstić information content (AvgIpc) is 2.38. The average molecular weight is 255 g/mol. The van der Waals surface area contributed by atoms with Crippen LogP contribution in [0, 0.1) is 5.92 Å². The van der Waals surface area contributed by atoms with E-state index in [-0.39, 0.29) is 6.61 Å². The number of hydrogen-bond acceptors (Lipinski definition) is 3. The van der Waals surface area contributed by atoms with Crippen LogP contribution >= 0.6 is 11.6 Å². The lowest BCUT2D eigenvalue weighted by atomic mass is 9.98. The van der Waals surface area contributed by atoms with Gasteiger partial charge in [0.15, 0.2) is 0 Å². The molecule has 94 valence electrons. The SMILES string of the molecule is NCc1ccc(N2CCCC(CO)C2)c(Cl)c1. The van der Waals surface area contributed by atoms with Gasteiger partial charge in [0, 0.05) is 26.2 Å². The highest BCUT2D eigenvalue weighted by molar-refractivity contribution is 6.33. The van der Waals surface area contributed by atoms with Crippen molar-refractivity contribution in [3.63, 3.8) is 0 Å². The van der Waals surface area contributed by atoms with Crippen molar-refractivity contribution in [3.8, 4) is 0 Å². The summed E-state index contributed by atoms with van der Waals surface area (Å²) < 4.78 is 0. The molecule has 17 heavy (non-hydrogen) atoms. The number of rotatable bonds is 3. The highest BCUT2D eigenvalue weighted by Gasteiger charge is 2.20. The molecular weight excluding hydrogens is 236 g/mol. The molecule has 1 heterocycles. The maximum atomic E-state index is 9.23. The van der Waals surface area contributed by atoms with Gasteiger partial charge in [0.25, 0.3) is 0 Å². The lowest BCUT2D eigenvalue weighted by Crippen LogP contribution is -2.36. The molecule has 1 unspecified atom stereocenters. The molecule has 2 rings (SSSR count). The Balaban J connectivity index is 2.16. The van der Waals surface area contributed by atoms with Gasteiger partial charge in [-0.05, 0) is 36.5 Å². The molecule has 1 aromatic carbocycles. The van der Waals surface area contributed by atoms with Crippen LogP contribution in [0.5, 0.6) is 0 Å². The first-order valence-electron chi connectivity index (χ1n) is 6.09. The number of aliphatic hydroxyl groups is 1. The van der Waals surface area contributed by atoms with Gasteiger partial charge in [-0.1, -0.05) is 17.7 Å². The van der Waals surface area contributed by atoms with Gasteiger partial charge >= 0.3 is 0 Å². The normalized spacial score (nSPS) is 20.6. The fourth-order valence-electron chi connectivity index (χ4n) is 2.37. The Hall–Kier alpha value is -0.770. The van der Waals surface area contributed by atoms with E-state index >= 15 is 0 Å². The molecule has 0 spiro atoms. The molecule has 0 aliphatic carbocycles. The molecule has 0 radical (unpaired) electrons. The first-order valence-corrected chi connectivity index (χ1v) is 6.46. The van der Waals surface area contributed by atoms with Crippen molar-refractivity contribution in [2.45, 2.75) is 19.4 Å². The standard InChI is InChI=1S/C13H19ClN2O/c14-12-6-10(7-15)3-4-13(12)16-5-1-2-11(8-16)9-17/h3-4,6,11,17H,1-2,5,7-9,15H2. The summed E-state index contributed by atoms with van der Waals surface area (Å²) in [6.07, 6.45) is 2.21. The van der Waals surface area contributed by atoms with Gasteiger partial charge < -0.3 is 15.7 Å². The second kappa shape index (κ2) is 5.71. The number of hydrogen-bond donors (Lipinski definition) is 2. The molecule has 3 nitrogen and oxygen atoms in total. The molecule has 1 saturated heterocycles. The molecule has 1 atom stereocenters. The Bertz CT molecular complexity index is 384. The molecule has 1 aromatic rings. The minimum atomic E-state index is 0.259. The topological polar surface area (TPSA) is 49.5 Å². The van der Waals surface area contributed by atoms with Gasteiger partial charge in [0.2, 0.25) is 0 Å². The van der Waals surface area contributed by atoms with E-state index in [1.807, 2.05) is 18.2 Å². The molecule has 4 heteroatoms. The Morgan fingerprint density at radius 2 is 2.29 bits per heavy atom. The number of aliphatic hydroxyl groups excluding tert-OH is 1. The van der Waals surface area contributed by atoms with Gasteiger partial charge in [0.05, 0.1) is 10.7 Å². The third kappa shape index (κ3) is 2.92. The van der Waals surface area contributed by atoms with E-state index in [1.165, 1.54) is 0 Å². The highest BCUT2D eigenvalue weighted by Crippen LogP contribution is 2.30. The highest BCUT2D eigenvalue weighted by atomic mass is 35.5. The molecule has 0 amide bonds. The lowest BCUT2D eigenvalue weighted by Gasteiger charge is -2.34. The van der Waals surface area contributed by atoms with E-state index in [9.17, 15) is 5.11 Å². The molecule has 0 bridgehead atoms. The molecule has 1 aliphatic heterocycles. The predicted molar refractivity (Wildman–Crippen MR) is 71.4 cm³/mol. The smallest absolute Gasteiger partial charge is 0.0642 e. The summed E-state index contributed by atoms with van der Waals surface area (Å²) in [5, 5.41) is 9.99. The van der Waals surface area contributed by atoms with Gasteiger partial charge in [0.1, 0.15) is 0 Å². The number of piperidine rings is 1. The van der Waals surface area contributed by atoms with Crippen LogP contribution in [0.2, 0.25) is 5.02 Å². The van der Waals surface area contributed by atoms with Crippen LogP contribution in [-0.2, 0) is 6.54 Å². The van der Waals surface area contributed by atoms with Crippen LogP contribution in [0.25, 0.3) is 0 Å². The molecule has 3 N–H and O–H groups in total. The summed E-state index contributed by atoms with van der Waals surface area (Å²) in [4.78, 5) is 2.26. The molecule has 1 aliphatic rings. The van der Waals surface area contributed by atoms with Gasteiger partial charge in [-0.3, -0.25) is 0 Å². The van der Waals surface area contributed by atoms with Gasteiger partial charge in [-0.2, -0.15) is 0 Å². The van der Waals surface area contributed by atoms with Crippen molar-refractivity contribution >= 4 is 17.3 Å². The fourth-order valence-corrected chi connectivity index (χ4v) is 2.69. The van der Waals surface area contributed by atoms with Crippen LogP contribution in [0.3, 0.4) is 0 Å². The van der Waals surface area contributed by atoms with E-state index in [0.29, 0.717) is 12.5 Å². The Morgan fingerprint density at radius 3 is 2.94 bits per heavy atom. The van der Waals surface area contributed by atoms with E-state index in [1.54, 1.807) is 0 Å². The summed E-state index contributed by atoms with van der Waals surface area (Å²) in [5.74, 6) is 0.369. The van der Waals surface area contributed by atoms with E-state index in [4.69, 9.17) is 17.3 Å². The van der Waals surface area contributed by atoms with Crippen LogP contribution in [0.4, 0.5) is 5.69 Å². The first-order chi connectivity index (χ1) is 8.24. The summed E-state index contributed by atoms with van der Waals surface area (Å²) in [7, 11) is 0.